The zero-order valence-corrected chi connectivity index (χ0v) is 13.6. The molecule has 0 radical (unpaired) electrons. The first kappa shape index (κ1) is 14.2. The van der Waals surface area contributed by atoms with Gasteiger partial charge in [0, 0.05) is 18.4 Å². The van der Waals surface area contributed by atoms with Gasteiger partial charge in [-0.1, -0.05) is 35.5 Å². The number of amides is 1. The molecule has 0 unspecified atom stereocenters. The van der Waals surface area contributed by atoms with E-state index in [0.29, 0.717) is 17.7 Å². The number of rotatable bonds is 4. The van der Waals surface area contributed by atoms with Gasteiger partial charge in [0.15, 0.2) is 5.82 Å². The van der Waals surface area contributed by atoms with Crippen molar-refractivity contribution in [1.29, 1.82) is 0 Å². The third-order valence-electron chi connectivity index (χ3n) is 5.55. The standard InChI is InChI=1S/C19H21N3O2/c23-19(15-11-14(15)12-5-2-1-3-6-12)22-10-4-7-16(22)17-20-18(24-21-17)13-8-9-13/h1-3,5-6,13-16H,4,7-11H2/t14-,15-,16-/m1/s1. The number of carbonyl (C=O) groups is 1. The minimum Gasteiger partial charge on any atom is -0.339 e. The van der Waals surface area contributed by atoms with E-state index < -0.39 is 0 Å². The van der Waals surface area contributed by atoms with E-state index in [4.69, 9.17) is 4.52 Å². The second-order valence-electron chi connectivity index (χ2n) is 7.31. The van der Waals surface area contributed by atoms with Crippen molar-refractivity contribution in [2.75, 3.05) is 6.54 Å². The molecule has 1 amide bonds. The Morgan fingerprint density at radius 1 is 1.17 bits per heavy atom. The van der Waals surface area contributed by atoms with Crippen LogP contribution in [0.5, 0.6) is 0 Å². The number of likely N-dealkylation sites (tertiary alicyclic amines) is 1. The van der Waals surface area contributed by atoms with Gasteiger partial charge in [-0.15, -0.1) is 0 Å². The van der Waals surface area contributed by atoms with Crippen LogP contribution in [-0.2, 0) is 4.79 Å². The fourth-order valence-corrected chi connectivity index (χ4v) is 3.93. The average molecular weight is 323 g/mol. The molecule has 3 atom stereocenters. The van der Waals surface area contributed by atoms with Crippen molar-refractivity contribution in [2.24, 2.45) is 5.92 Å². The maximum absolute atomic E-state index is 13.0. The molecule has 2 aromatic rings. The summed E-state index contributed by atoms with van der Waals surface area (Å²) in [6.07, 6.45) is 5.22. The highest BCUT2D eigenvalue weighted by Gasteiger charge is 2.48. The van der Waals surface area contributed by atoms with Crippen molar-refractivity contribution in [1.82, 2.24) is 15.0 Å². The summed E-state index contributed by atoms with van der Waals surface area (Å²) in [5, 5.41) is 4.17. The lowest BCUT2D eigenvalue weighted by molar-refractivity contribution is -0.133. The predicted octanol–water partition coefficient (Wildman–Crippen LogP) is 3.41. The molecule has 5 rings (SSSR count). The number of carbonyl (C=O) groups excluding carboxylic acids is 1. The Morgan fingerprint density at radius 3 is 2.79 bits per heavy atom. The van der Waals surface area contributed by atoms with Crippen LogP contribution < -0.4 is 0 Å². The van der Waals surface area contributed by atoms with E-state index in [9.17, 15) is 4.79 Å². The van der Waals surface area contributed by atoms with Gasteiger partial charge in [-0.25, -0.2) is 0 Å². The second-order valence-corrected chi connectivity index (χ2v) is 7.31. The molecule has 2 heterocycles. The molecule has 5 heteroatoms. The smallest absolute Gasteiger partial charge is 0.229 e. The van der Waals surface area contributed by atoms with Crippen LogP contribution >= 0.6 is 0 Å². The van der Waals surface area contributed by atoms with E-state index >= 15 is 0 Å². The van der Waals surface area contributed by atoms with Crippen LogP contribution in [0.4, 0.5) is 0 Å². The molecule has 3 fully saturated rings. The van der Waals surface area contributed by atoms with E-state index in [1.807, 2.05) is 23.1 Å². The van der Waals surface area contributed by atoms with Gasteiger partial charge >= 0.3 is 0 Å². The Labute approximate surface area is 141 Å². The predicted molar refractivity (Wildman–Crippen MR) is 87.3 cm³/mol. The van der Waals surface area contributed by atoms with Gasteiger partial charge < -0.3 is 9.42 Å². The summed E-state index contributed by atoms with van der Waals surface area (Å²) in [5.41, 5.74) is 1.28. The molecule has 2 saturated carbocycles. The number of benzene rings is 1. The molecule has 0 spiro atoms. The summed E-state index contributed by atoms with van der Waals surface area (Å²) in [6.45, 7) is 0.814. The molecule has 3 aliphatic rings. The Morgan fingerprint density at radius 2 is 2.00 bits per heavy atom. The zero-order valence-electron chi connectivity index (χ0n) is 13.6. The number of aromatic nitrogens is 2. The number of hydrogen-bond donors (Lipinski definition) is 0. The normalized spacial score (nSPS) is 29.0. The lowest BCUT2D eigenvalue weighted by Crippen LogP contribution is -2.32. The lowest BCUT2D eigenvalue weighted by Gasteiger charge is -2.22. The fourth-order valence-electron chi connectivity index (χ4n) is 3.93. The largest absolute Gasteiger partial charge is 0.339 e. The molecule has 0 N–H and O–H groups in total. The third-order valence-corrected chi connectivity index (χ3v) is 5.55. The van der Waals surface area contributed by atoms with Crippen molar-refractivity contribution in [3.63, 3.8) is 0 Å². The van der Waals surface area contributed by atoms with Gasteiger partial charge in [0.25, 0.3) is 0 Å². The fraction of sp³-hybridized carbons (Fsp3) is 0.526. The SMILES string of the molecule is O=C([C@@H]1C[C@@H]1c1ccccc1)N1CCC[C@@H]1c1noc(C2CC2)n1. The summed E-state index contributed by atoms with van der Waals surface area (Å²) in [6, 6.07) is 10.4. The van der Waals surface area contributed by atoms with E-state index in [1.165, 1.54) is 5.56 Å². The Bertz CT molecular complexity index is 753. The first-order chi connectivity index (χ1) is 11.8. The molecule has 1 aliphatic heterocycles. The molecular formula is C19H21N3O2. The minimum absolute atomic E-state index is 0.00535. The van der Waals surface area contributed by atoms with Crippen molar-refractivity contribution in [3.8, 4) is 0 Å². The van der Waals surface area contributed by atoms with Crippen LogP contribution in [0, 0.1) is 5.92 Å². The first-order valence-electron chi connectivity index (χ1n) is 9.00. The highest BCUT2D eigenvalue weighted by atomic mass is 16.5. The van der Waals surface area contributed by atoms with Gasteiger partial charge in [-0.3, -0.25) is 4.79 Å². The topological polar surface area (TPSA) is 59.2 Å². The van der Waals surface area contributed by atoms with E-state index in [-0.39, 0.29) is 17.9 Å². The van der Waals surface area contributed by atoms with Crippen LogP contribution in [0.1, 0.15) is 67.3 Å². The molecule has 1 aromatic heterocycles. The Balaban J connectivity index is 1.31. The minimum atomic E-state index is 0.00535. The van der Waals surface area contributed by atoms with E-state index in [0.717, 1.165) is 44.5 Å². The maximum Gasteiger partial charge on any atom is 0.229 e. The van der Waals surface area contributed by atoms with Gasteiger partial charge in [-0.05, 0) is 43.6 Å². The maximum atomic E-state index is 13.0. The Hall–Kier alpha value is -2.17. The highest BCUT2D eigenvalue weighted by Crippen LogP contribution is 2.50. The van der Waals surface area contributed by atoms with Crippen molar-refractivity contribution in [2.45, 2.75) is 50.0 Å². The number of nitrogens with zero attached hydrogens (tertiary/aromatic N) is 3. The van der Waals surface area contributed by atoms with Gasteiger partial charge in [-0.2, -0.15) is 4.98 Å². The third kappa shape index (κ3) is 2.43. The van der Waals surface area contributed by atoms with Crippen molar-refractivity contribution >= 4 is 5.91 Å². The van der Waals surface area contributed by atoms with Crippen LogP contribution in [0.3, 0.4) is 0 Å². The number of hydrogen-bond acceptors (Lipinski definition) is 4. The lowest BCUT2D eigenvalue weighted by atomic mass is 10.1. The molecule has 1 saturated heterocycles. The highest BCUT2D eigenvalue weighted by molar-refractivity contribution is 5.83. The quantitative estimate of drug-likeness (QED) is 0.865. The van der Waals surface area contributed by atoms with Crippen molar-refractivity contribution < 1.29 is 9.32 Å². The zero-order chi connectivity index (χ0) is 16.1. The molecule has 5 nitrogen and oxygen atoms in total. The molecular weight excluding hydrogens is 302 g/mol. The summed E-state index contributed by atoms with van der Waals surface area (Å²) in [5.74, 6) is 2.71. The van der Waals surface area contributed by atoms with Gasteiger partial charge in [0.1, 0.15) is 0 Å². The molecule has 2 aliphatic carbocycles. The summed E-state index contributed by atoms with van der Waals surface area (Å²) in [7, 11) is 0. The van der Waals surface area contributed by atoms with Gasteiger partial charge in [0.2, 0.25) is 11.8 Å². The summed E-state index contributed by atoms with van der Waals surface area (Å²) < 4.78 is 5.40. The summed E-state index contributed by atoms with van der Waals surface area (Å²) in [4.78, 5) is 19.5. The molecule has 124 valence electrons. The van der Waals surface area contributed by atoms with E-state index in [2.05, 4.69) is 22.3 Å². The van der Waals surface area contributed by atoms with Crippen LogP contribution in [0.15, 0.2) is 34.9 Å². The Kier molecular flexibility index (Phi) is 3.21. The van der Waals surface area contributed by atoms with Crippen molar-refractivity contribution in [3.05, 3.63) is 47.6 Å². The first-order valence-corrected chi connectivity index (χ1v) is 9.00. The average Bonchev–Trinajstić information content (AvgIpc) is 3.52. The van der Waals surface area contributed by atoms with Crippen LogP contribution in [0.2, 0.25) is 0 Å². The molecule has 1 aromatic carbocycles. The molecule has 0 bridgehead atoms. The summed E-state index contributed by atoms with van der Waals surface area (Å²) >= 11 is 0. The van der Waals surface area contributed by atoms with Crippen LogP contribution in [0.25, 0.3) is 0 Å². The van der Waals surface area contributed by atoms with Gasteiger partial charge in [0.05, 0.1) is 6.04 Å². The van der Waals surface area contributed by atoms with E-state index in [1.54, 1.807) is 0 Å². The second kappa shape index (κ2) is 5.43. The monoisotopic (exact) mass is 323 g/mol. The van der Waals surface area contributed by atoms with Crippen LogP contribution in [-0.4, -0.2) is 27.5 Å². The molecule has 24 heavy (non-hydrogen) atoms.